The molecule has 0 spiro atoms. The standard InChI is InChI=1S/C13H18O2/c1-3-4-12(14)8-5-11-6-9-13(15-2)10-7-11/h3,6-7,9-10,12,14H,1,4-5,8H2,2H3/t12-/m1/s1. The average Bonchev–Trinajstić information content (AvgIpc) is 2.27. The summed E-state index contributed by atoms with van der Waals surface area (Å²) in [5.41, 5.74) is 1.22. The van der Waals surface area contributed by atoms with E-state index in [1.807, 2.05) is 24.3 Å². The smallest absolute Gasteiger partial charge is 0.118 e. The van der Waals surface area contributed by atoms with Crippen molar-refractivity contribution in [1.29, 1.82) is 0 Å². The lowest BCUT2D eigenvalue weighted by Gasteiger charge is -2.08. The number of hydrogen-bond donors (Lipinski definition) is 1. The molecule has 82 valence electrons. The van der Waals surface area contributed by atoms with E-state index in [0.717, 1.165) is 18.6 Å². The first-order chi connectivity index (χ1) is 7.26. The second-order valence-corrected chi connectivity index (χ2v) is 3.56. The summed E-state index contributed by atoms with van der Waals surface area (Å²) in [6.45, 7) is 3.60. The first-order valence-corrected chi connectivity index (χ1v) is 5.18. The molecule has 0 fully saturated rings. The van der Waals surface area contributed by atoms with E-state index >= 15 is 0 Å². The molecular weight excluding hydrogens is 188 g/mol. The number of benzene rings is 1. The van der Waals surface area contributed by atoms with E-state index in [1.165, 1.54) is 5.56 Å². The highest BCUT2D eigenvalue weighted by Crippen LogP contribution is 2.13. The molecule has 0 unspecified atom stereocenters. The maximum atomic E-state index is 9.52. The van der Waals surface area contributed by atoms with Crippen LogP contribution in [0.5, 0.6) is 5.75 Å². The van der Waals surface area contributed by atoms with E-state index in [-0.39, 0.29) is 6.10 Å². The van der Waals surface area contributed by atoms with E-state index in [2.05, 4.69) is 6.58 Å². The Morgan fingerprint density at radius 1 is 1.40 bits per heavy atom. The van der Waals surface area contributed by atoms with Crippen molar-refractivity contribution in [1.82, 2.24) is 0 Å². The van der Waals surface area contributed by atoms with E-state index in [9.17, 15) is 5.11 Å². The Balaban J connectivity index is 2.40. The Morgan fingerprint density at radius 2 is 2.07 bits per heavy atom. The minimum Gasteiger partial charge on any atom is -0.497 e. The zero-order valence-corrected chi connectivity index (χ0v) is 9.15. The lowest BCUT2D eigenvalue weighted by atomic mass is 10.1. The van der Waals surface area contributed by atoms with Crippen LogP contribution in [-0.2, 0) is 6.42 Å². The fourth-order valence-corrected chi connectivity index (χ4v) is 1.44. The summed E-state index contributed by atoms with van der Waals surface area (Å²) in [6, 6.07) is 7.93. The summed E-state index contributed by atoms with van der Waals surface area (Å²) >= 11 is 0. The predicted molar refractivity (Wildman–Crippen MR) is 62.1 cm³/mol. The molecule has 0 bridgehead atoms. The first kappa shape index (κ1) is 11.8. The molecule has 1 aromatic carbocycles. The second-order valence-electron chi connectivity index (χ2n) is 3.56. The zero-order chi connectivity index (χ0) is 11.1. The highest BCUT2D eigenvalue weighted by Gasteiger charge is 2.02. The Morgan fingerprint density at radius 3 is 2.60 bits per heavy atom. The Labute approximate surface area is 91.2 Å². The van der Waals surface area contributed by atoms with Gasteiger partial charge in [-0.25, -0.2) is 0 Å². The van der Waals surface area contributed by atoms with Gasteiger partial charge in [-0.3, -0.25) is 0 Å². The molecule has 15 heavy (non-hydrogen) atoms. The van der Waals surface area contributed by atoms with Gasteiger partial charge in [0.25, 0.3) is 0 Å². The summed E-state index contributed by atoms with van der Waals surface area (Å²) in [7, 11) is 1.66. The lowest BCUT2D eigenvalue weighted by Crippen LogP contribution is -2.06. The van der Waals surface area contributed by atoms with Crippen LogP contribution < -0.4 is 4.74 Å². The molecule has 0 aliphatic heterocycles. The molecule has 0 saturated carbocycles. The molecule has 1 atom stereocenters. The summed E-state index contributed by atoms with van der Waals surface area (Å²) in [6.07, 6.45) is 3.80. The van der Waals surface area contributed by atoms with Crippen molar-refractivity contribution < 1.29 is 9.84 Å². The zero-order valence-electron chi connectivity index (χ0n) is 9.15. The second kappa shape index (κ2) is 6.25. The van der Waals surface area contributed by atoms with Crippen molar-refractivity contribution >= 4 is 0 Å². The molecule has 0 saturated heterocycles. The van der Waals surface area contributed by atoms with Gasteiger partial charge in [-0.1, -0.05) is 18.2 Å². The van der Waals surface area contributed by atoms with Gasteiger partial charge in [0, 0.05) is 0 Å². The number of methoxy groups -OCH3 is 1. The predicted octanol–water partition coefficient (Wildman–Crippen LogP) is 2.56. The van der Waals surface area contributed by atoms with E-state index in [4.69, 9.17) is 4.74 Å². The highest BCUT2D eigenvalue weighted by atomic mass is 16.5. The summed E-state index contributed by atoms with van der Waals surface area (Å²) < 4.78 is 5.07. The molecule has 0 amide bonds. The molecule has 0 radical (unpaired) electrons. The molecule has 2 nitrogen and oxygen atoms in total. The summed E-state index contributed by atoms with van der Waals surface area (Å²) in [5.74, 6) is 0.866. The number of ether oxygens (including phenoxy) is 1. The van der Waals surface area contributed by atoms with Crippen molar-refractivity contribution in [2.45, 2.75) is 25.4 Å². The Bertz CT molecular complexity index is 290. The monoisotopic (exact) mass is 206 g/mol. The fraction of sp³-hybridized carbons (Fsp3) is 0.385. The molecular formula is C13H18O2. The van der Waals surface area contributed by atoms with Gasteiger partial charge in [-0.05, 0) is 37.0 Å². The molecule has 1 rings (SSSR count). The van der Waals surface area contributed by atoms with Gasteiger partial charge in [-0.15, -0.1) is 6.58 Å². The fourth-order valence-electron chi connectivity index (χ4n) is 1.44. The summed E-state index contributed by atoms with van der Waals surface area (Å²) in [5, 5.41) is 9.52. The van der Waals surface area contributed by atoms with Crippen LogP contribution in [0.3, 0.4) is 0 Å². The molecule has 0 aliphatic rings. The quantitative estimate of drug-likeness (QED) is 0.725. The van der Waals surface area contributed by atoms with Crippen molar-refractivity contribution in [2.24, 2.45) is 0 Å². The van der Waals surface area contributed by atoms with Crippen molar-refractivity contribution in [3.63, 3.8) is 0 Å². The van der Waals surface area contributed by atoms with Crippen molar-refractivity contribution in [3.05, 3.63) is 42.5 Å². The first-order valence-electron chi connectivity index (χ1n) is 5.18. The van der Waals surface area contributed by atoms with Gasteiger partial charge < -0.3 is 9.84 Å². The highest BCUT2D eigenvalue weighted by molar-refractivity contribution is 5.27. The number of aryl methyl sites for hydroxylation is 1. The third kappa shape index (κ3) is 4.17. The number of rotatable bonds is 6. The van der Waals surface area contributed by atoms with Gasteiger partial charge in [-0.2, -0.15) is 0 Å². The minimum atomic E-state index is -0.274. The molecule has 0 aromatic heterocycles. The third-order valence-corrected chi connectivity index (χ3v) is 2.36. The normalized spacial score (nSPS) is 12.1. The molecule has 1 aromatic rings. The van der Waals surface area contributed by atoms with E-state index in [0.29, 0.717) is 6.42 Å². The number of hydrogen-bond acceptors (Lipinski definition) is 2. The van der Waals surface area contributed by atoms with Crippen molar-refractivity contribution in [2.75, 3.05) is 7.11 Å². The van der Waals surface area contributed by atoms with Crippen LogP contribution >= 0.6 is 0 Å². The average molecular weight is 206 g/mol. The van der Waals surface area contributed by atoms with Crippen LogP contribution in [0.15, 0.2) is 36.9 Å². The topological polar surface area (TPSA) is 29.5 Å². The maximum absolute atomic E-state index is 9.52. The van der Waals surface area contributed by atoms with Crippen molar-refractivity contribution in [3.8, 4) is 5.75 Å². The van der Waals surface area contributed by atoms with Gasteiger partial charge in [0.2, 0.25) is 0 Å². The van der Waals surface area contributed by atoms with Crippen LogP contribution in [0, 0.1) is 0 Å². The van der Waals surface area contributed by atoms with Crippen LogP contribution in [0.2, 0.25) is 0 Å². The minimum absolute atomic E-state index is 0.274. The molecule has 1 N–H and O–H groups in total. The van der Waals surface area contributed by atoms with Gasteiger partial charge >= 0.3 is 0 Å². The molecule has 2 heteroatoms. The summed E-state index contributed by atoms with van der Waals surface area (Å²) in [4.78, 5) is 0. The van der Waals surface area contributed by atoms with E-state index < -0.39 is 0 Å². The van der Waals surface area contributed by atoms with E-state index in [1.54, 1.807) is 13.2 Å². The maximum Gasteiger partial charge on any atom is 0.118 e. The van der Waals surface area contributed by atoms with Crippen LogP contribution in [0.1, 0.15) is 18.4 Å². The largest absolute Gasteiger partial charge is 0.497 e. The number of aliphatic hydroxyl groups excluding tert-OH is 1. The number of aliphatic hydroxyl groups is 1. The SMILES string of the molecule is C=CC[C@@H](O)CCc1ccc(OC)cc1. The van der Waals surface area contributed by atoms with Crippen LogP contribution in [0.4, 0.5) is 0 Å². The van der Waals surface area contributed by atoms with Crippen LogP contribution in [0.25, 0.3) is 0 Å². The molecule has 0 aliphatic carbocycles. The third-order valence-electron chi connectivity index (χ3n) is 2.36. The van der Waals surface area contributed by atoms with Gasteiger partial charge in [0.05, 0.1) is 13.2 Å². The lowest BCUT2D eigenvalue weighted by molar-refractivity contribution is 0.168. The van der Waals surface area contributed by atoms with Gasteiger partial charge in [0.1, 0.15) is 5.75 Å². The Kier molecular flexibility index (Phi) is 4.91. The van der Waals surface area contributed by atoms with Crippen LogP contribution in [-0.4, -0.2) is 18.3 Å². The molecule has 0 heterocycles. The Hall–Kier alpha value is -1.28. The van der Waals surface area contributed by atoms with Gasteiger partial charge in [0.15, 0.2) is 0 Å².